The minimum Gasteiger partial charge on any atom is -0.384 e. The van der Waals surface area contributed by atoms with Crippen molar-refractivity contribution in [2.24, 2.45) is 7.05 Å². The first-order valence-electron chi connectivity index (χ1n) is 8.18. The lowest BCUT2D eigenvalue weighted by atomic mass is 10.1. The quantitative estimate of drug-likeness (QED) is 0.710. The number of aryl methyl sites for hydroxylation is 2. The van der Waals surface area contributed by atoms with Crippen LogP contribution in [0.15, 0.2) is 24.3 Å². The first-order chi connectivity index (χ1) is 11.1. The van der Waals surface area contributed by atoms with Crippen LogP contribution in [0.3, 0.4) is 0 Å². The van der Waals surface area contributed by atoms with Crippen LogP contribution in [-0.4, -0.2) is 46.8 Å². The highest BCUT2D eigenvalue weighted by atomic mass is 15.3. The Kier molecular flexibility index (Phi) is 4.48. The molecule has 0 aliphatic rings. The zero-order valence-corrected chi connectivity index (χ0v) is 14.4. The number of hydrogen-bond acceptors (Lipinski definition) is 4. The zero-order valence-electron chi connectivity index (χ0n) is 14.4. The highest BCUT2D eigenvalue weighted by molar-refractivity contribution is 6.07. The second-order valence-corrected chi connectivity index (χ2v) is 6.35. The lowest BCUT2D eigenvalue weighted by Crippen LogP contribution is -2.14. The molecule has 0 radical (unpaired) electrons. The largest absolute Gasteiger partial charge is 0.384 e. The number of benzene rings is 1. The summed E-state index contributed by atoms with van der Waals surface area (Å²) in [6.45, 7) is 4.14. The number of para-hydroxylation sites is 1. The van der Waals surface area contributed by atoms with Crippen molar-refractivity contribution < 1.29 is 0 Å². The number of aromatic nitrogens is 3. The number of hydrogen-bond donors (Lipinski definition) is 1. The Labute approximate surface area is 137 Å². The predicted molar refractivity (Wildman–Crippen MR) is 97.0 cm³/mol. The average Bonchev–Trinajstić information content (AvgIpc) is 2.80. The number of fused-ring (bicyclic) bond motifs is 2. The van der Waals surface area contributed by atoms with Crippen LogP contribution < -0.4 is 5.32 Å². The van der Waals surface area contributed by atoms with Gasteiger partial charge in [0.15, 0.2) is 5.65 Å². The molecule has 3 aromatic rings. The summed E-state index contributed by atoms with van der Waals surface area (Å²) in [6.07, 6.45) is 2.34. The Morgan fingerprint density at radius 2 is 1.96 bits per heavy atom. The molecule has 1 N–H and O–H groups in total. The van der Waals surface area contributed by atoms with Crippen LogP contribution in [0.1, 0.15) is 18.5 Å². The Hall–Kier alpha value is -2.14. The Morgan fingerprint density at radius 1 is 1.17 bits per heavy atom. The van der Waals surface area contributed by atoms with Gasteiger partial charge in [-0.3, -0.25) is 4.68 Å². The van der Waals surface area contributed by atoms with E-state index in [0.717, 1.165) is 41.8 Å². The van der Waals surface area contributed by atoms with Gasteiger partial charge in [0.1, 0.15) is 0 Å². The van der Waals surface area contributed by atoms with E-state index in [4.69, 9.17) is 4.98 Å². The molecule has 0 unspecified atom stereocenters. The smallest absolute Gasteiger partial charge is 0.160 e. The van der Waals surface area contributed by atoms with Gasteiger partial charge >= 0.3 is 0 Å². The highest BCUT2D eigenvalue weighted by Gasteiger charge is 2.14. The number of anilines is 1. The van der Waals surface area contributed by atoms with Crippen LogP contribution in [0.4, 0.5) is 5.69 Å². The van der Waals surface area contributed by atoms with E-state index in [0.29, 0.717) is 0 Å². The molecule has 2 heterocycles. The summed E-state index contributed by atoms with van der Waals surface area (Å²) in [6, 6.07) is 8.30. The van der Waals surface area contributed by atoms with Gasteiger partial charge in [-0.2, -0.15) is 5.10 Å². The van der Waals surface area contributed by atoms with Crippen LogP contribution >= 0.6 is 0 Å². The summed E-state index contributed by atoms with van der Waals surface area (Å²) in [5, 5.41) is 10.5. The van der Waals surface area contributed by atoms with E-state index in [1.165, 1.54) is 17.5 Å². The van der Waals surface area contributed by atoms with Gasteiger partial charge in [-0.25, -0.2) is 4.98 Å². The number of nitrogens with zero attached hydrogens (tertiary/aromatic N) is 4. The van der Waals surface area contributed by atoms with E-state index in [2.05, 4.69) is 54.5 Å². The molecular weight excluding hydrogens is 286 g/mol. The van der Waals surface area contributed by atoms with Gasteiger partial charge in [0.05, 0.1) is 22.3 Å². The zero-order chi connectivity index (χ0) is 16.4. The van der Waals surface area contributed by atoms with Crippen molar-refractivity contribution in [1.29, 1.82) is 0 Å². The Morgan fingerprint density at radius 3 is 2.74 bits per heavy atom. The molecule has 3 rings (SSSR count). The van der Waals surface area contributed by atoms with Crippen molar-refractivity contribution in [3.8, 4) is 0 Å². The maximum atomic E-state index is 4.78. The van der Waals surface area contributed by atoms with Crippen molar-refractivity contribution in [3.63, 3.8) is 0 Å². The van der Waals surface area contributed by atoms with E-state index in [1.807, 2.05) is 17.8 Å². The first kappa shape index (κ1) is 15.7. The van der Waals surface area contributed by atoms with Crippen LogP contribution in [-0.2, 0) is 7.05 Å². The molecule has 0 saturated heterocycles. The molecule has 1 aromatic carbocycles. The van der Waals surface area contributed by atoms with Gasteiger partial charge in [-0.05, 0) is 46.5 Å². The van der Waals surface area contributed by atoms with Crippen molar-refractivity contribution in [2.75, 3.05) is 32.5 Å². The van der Waals surface area contributed by atoms with Crippen LogP contribution in [0, 0.1) is 6.92 Å². The molecule has 0 spiro atoms. The standard InChI is InChI=1S/C18H25N5/c1-13-16-17(19-11-7-8-12-22(2)3)14-9-5-6-10-15(14)20-18(16)23(4)21-13/h5-6,9-10H,7-8,11-12H2,1-4H3,(H,19,20). The van der Waals surface area contributed by atoms with E-state index in [-0.39, 0.29) is 0 Å². The molecule has 2 aromatic heterocycles. The van der Waals surface area contributed by atoms with E-state index in [9.17, 15) is 0 Å². The molecule has 0 aliphatic heterocycles. The van der Waals surface area contributed by atoms with Crippen molar-refractivity contribution >= 4 is 27.6 Å². The van der Waals surface area contributed by atoms with Crippen molar-refractivity contribution in [2.45, 2.75) is 19.8 Å². The molecule has 0 saturated carbocycles. The SMILES string of the molecule is Cc1nn(C)c2nc3ccccc3c(NCCCCN(C)C)c12. The summed E-state index contributed by atoms with van der Waals surface area (Å²) < 4.78 is 1.87. The molecular formula is C18H25N5. The molecule has 0 amide bonds. The summed E-state index contributed by atoms with van der Waals surface area (Å²) in [5.74, 6) is 0. The van der Waals surface area contributed by atoms with Gasteiger partial charge in [0.2, 0.25) is 0 Å². The van der Waals surface area contributed by atoms with Gasteiger partial charge < -0.3 is 10.2 Å². The van der Waals surface area contributed by atoms with Crippen molar-refractivity contribution in [1.82, 2.24) is 19.7 Å². The molecule has 122 valence electrons. The highest BCUT2D eigenvalue weighted by Crippen LogP contribution is 2.32. The molecule has 5 heteroatoms. The molecule has 5 nitrogen and oxygen atoms in total. The topological polar surface area (TPSA) is 46.0 Å². The van der Waals surface area contributed by atoms with E-state index in [1.54, 1.807) is 0 Å². The number of rotatable bonds is 6. The fourth-order valence-electron chi connectivity index (χ4n) is 3.05. The predicted octanol–water partition coefficient (Wildman–Crippen LogP) is 3.18. The summed E-state index contributed by atoms with van der Waals surface area (Å²) in [5.41, 5.74) is 4.15. The molecule has 23 heavy (non-hydrogen) atoms. The summed E-state index contributed by atoms with van der Waals surface area (Å²) >= 11 is 0. The number of nitrogens with one attached hydrogen (secondary N) is 1. The fraction of sp³-hybridized carbons (Fsp3) is 0.444. The fourth-order valence-corrected chi connectivity index (χ4v) is 3.05. The van der Waals surface area contributed by atoms with Crippen LogP contribution in [0.25, 0.3) is 21.9 Å². The van der Waals surface area contributed by atoms with Gasteiger partial charge in [0, 0.05) is 19.0 Å². The molecule has 0 fully saturated rings. The minimum absolute atomic E-state index is 0.942. The third-order valence-corrected chi connectivity index (χ3v) is 4.18. The lowest BCUT2D eigenvalue weighted by Gasteiger charge is -2.13. The monoisotopic (exact) mass is 311 g/mol. The van der Waals surface area contributed by atoms with Gasteiger partial charge in [-0.1, -0.05) is 18.2 Å². The molecule has 0 aliphatic carbocycles. The van der Waals surface area contributed by atoms with Gasteiger partial charge in [0.25, 0.3) is 0 Å². The second kappa shape index (κ2) is 6.54. The molecule has 0 bridgehead atoms. The first-order valence-corrected chi connectivity index (χ1v) is 8.18. The second-order valence-electron chi connectivity index (χ2n) is 6.35. The van der Waals surface area contributed by atoms with Crippen LogP contribution in [0.5, 0.6) is 0 Å². The van der Waals surface area contributed by atoms with Crippen LogP contribution in [0.2, 0.25) is 0 Å². The minimum atomic E-state index is 0.942. The maximum Gasteiger partial charge on any atom is 0.160 e. The number of unbranched alkanes of at least 4 members (excludes halogenated alkanes) is 1. The lowest BCUT2D eigenvalue weighted by molar-refractivity contribution is 0.396. The average molecular weight is 311 g/mol. The Balaban J connectivity index is 1.95. The Bertz CT molecular complexity index is 819. The van der Waals surface area contributed by atoms with E-state index >= 15 is 0 Å². The van der Waals surface area contributed by atoms with Gasteiger partial charge in [-0.15, -0.1) is 0 Å². The summed E-state index contributed by atoms with van der Waals surface area (Å²) in [4.78, 5) is 7.01. The summed E-state index contributed by atoms with van der Waals surface area (Å²) in [7, 11) is 6.19. The van der Waals surface area contributed by atoms with E-state index < -0.39 is 0 Å². The normalized spacial score (nSPS) is 11.7. The maximum absolute atomic E-state index is 4.78. The molecule has 0 atom stereocenters. The third kappa shape index (κ3) is 3.15. The van der Waals surface area contributed by atoms with Crippen molar-refractivity contribution in [3.05, 3.63) is 30.0 Å². The number of pyridine rings is 1. The third-order valence-electron chi connectivity index (χ3n) is 4.18.